The van der Waals surface area contributed by atoms with Gasteiger partial charge < -0.3 is 19.7 Å². The number of methoxy groups -OCH3 is 2. The summed E-state index contributed by atoms with van der Waals surface area (Å²) in [6.45, 7) is 0.482. The molecule has 2 amide bonds. The van der Waals surface area contributed by atoms with Crippen LogP contribution in [-0.2, 0) is 4.79 Å². The molecule has 0 aliphatic carbocycles. The molecule has 1 saturated heterocycles. The topological polar surface area (TPSA) is 67.9 Å². The van der Waals surface area contributed by atoms with E-state index in [1.165, 1.54) is 14.2 Å². The minimum absolute atomic E-state index is 0.270. The van der Waals surface area contributed by atoms with E-state index in [9.17, 15) is 9.59 Å². The van der Waals surface area contributed by atoms with E-state index in [1.54, 1.807) is 41.3 Å². The maximum atomic E-state index is 13.1. The van der Waals surface area contributed by atoms with Crippen LogP contribution >= 0.6 is 23.2 Å². The first-order valence-electron chi connectivity index (χ1n) is 8.73. The third-order valence-electron chi connectivity index (χ3n) is 4.63. The van der Waals surface area contributed by atoms with Gasteiger partial charge in [-0.25, -0.2) is 0 Å². The van der Waals surface area contributed by atoms with E-state index in [0.29, 0.717) is 45.8 Å². The molecule has 0 radical (unpaired) electrons. The molecule has 2 aromatic rings. The van der Waals surface area contributed by atoms with Crippen LogP contribution in [0.25, 0.3) is 0 Å². The summed E-state index contributed by atoms with van der Waals surface area (Å²) in [4.78, 5) is 27.4. The summed E-state index contributed by atoms with van der Waals surface area (Å²) >= 11 is 12.2. The fraction of sp³-hybridized carbons (Fsp3) is 0.300. The number of carbonyl (C=O) groups excluding carboxylic acids is 2. The third kappa shape index (κ3) is 4.18. The Kier molecular flexibility index (Phi) is 6.31. The van der Waals surface area contributed by atoms with Crippen molar-refractivity contribution in [3.05, 3.63) is 52.0 Å². The molecular formula is C20H20Cl2N2O4. The average Bonchev–Trinajstić information content (AvgIpc) is 3.17. The zero-order valence-corrected chi connectivity index (χ0v) is 17.0. The summed E-state index contributed by atoms with van der Waals surface area (Å²) in [5, 5.41) is 3.64. The SMILES string of the molecule is COc1ccc(NC(=O)C2CCCN2C(=O)c2cc(Cl)ccc2OC)cc1Cl. The number of benzene rings is 2. The molecule has 148 valence electrons. The van der Waals surface area contributed by atoms with Crippen molar-refractivity contribution in [2.45, 2.75) is 18.9 Å². The average molecular weight is 423 g/mol. The molecule has 1 N–H and O–H groups in total. The molecule has 6 nitrogen and oxygen atoms in total. The second-order valence-corrected chi connectivity index (χ2v) is 7.18. The van der Waals surface area contributed by atoms with Crippen molar-refractivity contribution in [3.63, 3.8) is 0 Å². The molecule has 1 heterocycles. The second kappa shape index (κ2) is 8.71. The number of likely N-dealkylation sites (tertiary alicyclic amines) is 1. The van der Waals surface area contributed by atoms with E-state index < -0.39 is 6.04 Å². The van der Waals surface area contributed by atoms with Crippen LogP contribution in [0, 0.1) is 0 Å². The maximum Gasteiger partial charge on any atom is 0.258 e. The van der Waals surface area contributed by atoms with E-state index in [1.807, 2.05) is 0 Å². The number of ether oxygens (including phenoxy) is 2. The summed E-state index contributed by atoms with van der Waals surface area (Å²) in [6.07, 6.45) is 1.31. The number of amides is 2. The fourth-order valence-corrected chi connectivity index (χ4v) is 3.68. The minimum atomic E-state index is -0.586. The second-order valence-electron chi connectivity index (χ2n) is 6.34. The van der Waals surface area contributed by atoms with Gasteiger partial charge in [-0.2, -0.15) is 0 Å². The number of hydrogen-bond acceptors (Lipinski definition) is 4. The molecule has 1 fully saturated rings. The van der Waals surface area contributed by atoms with Gasteiger partial charge in [-0.05, 0) is 49.2 Å². The van der Waals surface area contributed by atoms with Gasteiger partial charge in [-0.15, -0.1) is 0 Å². The quantitative estimate of drug-likeness (QED) is 0.781. The van der Waals surface area contributed by atoms with Gasteiger partial charge in [0.25, 0.3) is 5.91 Å². The van der Waals surface area contributed by atoms with E-state index in [4.69, 9.17) is 32.7 Å². The van der Waals surface area contributed by atoms with Crippen LogP contribution in [-0.4, -0.2) is 43.5 Å². The molecule has 2 aromatic carbocycles. The molecule has 0 aromatic heterocycles. The van der Waals surface area contributed by atoms with Crippen LogP contribution in [0.1, 0.15) is 23.2 Å². The van der Waals surface area contributed by atoms with E-state index in [0.717, 1.165) is 6.42 Å². The van der Waals surface area contributed by atoms with Crippen molar-refractivity contribution in [2.24, 2.45) is 0 Å². The first-order chi connectivity index (χ1) is 13.4. The van der Waals surface area contributed by atoms with Crippen molar-refractivity contribution in [3.8, 4) is 11.5 Å². The predicted octanol–water partition coefficient (Wildman–Crippen LogP) is 4.25. The zero-order valence-electron chi connectivity index (χ0n) is 15.5. The molecule has 1 aliphatic rings. The Balaban J connectivity index is 1.79. The molecular weight excluding hydrogens is 403 g/mol. The standard InChI is InChI=1S/C20H20Cl2N2O4/c1-27-17-7-5-12(21)10-14(17)20(26)24-9-3-4-16(24)19(25)23-13-6-8-18(28-2)15(22)11-13/h5-8,10-11,16H,3-4,9H2,1-2H3,(H,23,25). The lowest BCUT2D eigenvalue weighted by Crippen LogP contribution is -2.43. The summed E-state index contributed by atoms with van der Waals surface area (Å²) in [6, 6.07) is 9.24. The number of nitrogens with one attached hydrogen (secondary N) is 1. The van der Waals surface area contributed by atoms with Crippen LogP contribution in [0.3, 0.4) is 0 Å². The highest BCUT2D eigenvalue weighted by Crippen LogP contribution is 2.30. The zero-order chi connectivity index (χ0) is 20.3. The van der Waals surface area contributed by atoms with Crippen molar-refractivity contribution in [1.82, 2.24) is 4.90 Å². The molecule has 3 rings (SSSR count). The Hall–Kier alpha value is -2.44. The lowest BCUT2D eigenvalue weighted by Gasteiger charge is -2.25. The largest absolute Gasteiger partial charge is 0.496 e. The molecule has 0 spiro atoms. The number of nitrogens with zero attached hydrogens (tertiary/aromatic N) is 1. The molecule has 0 bridgehead atoms. The lowest BCUT2D eigenvalue weighted by atomic mass is 10.1. The van der Waals surface area contributed by atoms with Crippen LogP contribution < -0.4 is 14.8 Å². The summed E-state index contributed by atoms with van der Waals surface area (Å²) in [5.74, 6) is 0.380. The van der Waals surface area contributed by atoms with Gasteiger partial charge in [-0.3, -0.25) is 9.59 Å². The van der Waals surface area contributed by atoms with Crippen LogP contribution in [0.15, 0.2) is 36.4 Å². The number of halogens is 2. The molecule has 1 unspecified atom stereocenters. The van der Waals surface area contributed by atoms with Crippen LogP contribution in [0.2, 0.25) is 10.0 Å². The van der Waals surface area contributed by atoms with Gasteiger partial charge in [0.2, 0.25) is 5.91 Å². The smallest absolute Gasteiger partial charge is 0.258 e. The first kappa shape index (κ1) is 20.3. The van der Waals surface area contributed by atoms with Crippen LogP contribution in [0.5, 0.6) is 11.5 Å². The van der Waals surface area contributed by atoms with Crippen LogP contribution in [0.4, 0.5) is 5.69 Å². The van der Waals surface area contributed by atoms with E-state index >= 15 is 0 Å². The fourth-order valence-electron chi connectivity index (χ4n) is 3.25. The normalized spacial score (nSPS) is 16.0. The number of hydrogen-bond donors (Lipinski definition) is 1. The highest BCUT2D eigenvalue weighted by atomic mass is 35.5. The molecule has 28 heavy (non-hydrogen) atoms. The Labute approximate surface area is 173 Å². The number of carbonyl (C=O) groups is 2. The van der Waals surface area contributed by atoms with Gasteiger partial charge in [0, 0.05) is 17.3 Å². The van der Waals surface area contributed by atoms with Crippen molar-refractivity contribution in [1.29, 1.82) is 0 Å². The van der Waals surface area contributed by atoms with Gasteiger partial charge in [0.15, 0.2) is 0 Å². The van der Waals surface area contributed by atoms with Gasteiger partial charge in [0.05, 0.1) is 24.8 Å². The molecule has 8 heteroatoms. The number of rotatable bonds is 5. The Morgan fingerprint density at radius 1 is 1.07 bits per heavy atom. The first-order valence-corrected chi connectivity index (χ1v) is 9.49. The predicted molar refractivity (Wildman–Crippen MR) is 109 cm³/mol. The number of anilines is 1. The highest BCUT2D eigenvalue weighted by Gasteiger charge is 2.35. The molecule has 1 aliphatic heterocycles. The van der Waals surface area contributed by atoms with Gasteiger partial charge in [-0.1, -0.05) is 23.2 Å². The highest BCUT2D eigenvalue weighted by molar-refractivity contribution is 6.32. The van der Waals surface area contributed by atoms with Crippen molar-refractivity contribution < 1.29 is 19.1 Å². The monoisotopic (exact) mass is 422 g/mol. The maximum absolute atomic E-state index is 13.1. The summed E-state index contributed by atoms with van der Waals surface area (Å²) in [7, 11) is 3.01. The Bertz CT molecular complexity index is 904. The molecule has 1 atom stereocenters. The minimum Gasteiger partial charge on any atom is -0.496 e. The lowest BCUT2D eigenvalue weighted by molar-refractivity contribution is -0.119. The Morgan fingerprint density at radius 3 is 2.46 bits per heavy atom. The van der Waals surface area contributed by atoms with Crippen molar-refractivity contribution in [2.75, 3.05) is 26.1 Å². The molecule has 0 saturated carbocycles. The Morgan fingerprint density at radius 2 is 1.79 bits per heavy atom. The van der Waals surface area contributed by atoms with Crippen molar-refractivity contribution >= 4 is 40.7 Å². The van der Waals surface area contributed by atoms with Gasteiger partial charge >= 0.3 is 0 Å². The third-order valence-corrected chi connectivity index (χ3v) is 5.16. The van der Waals surface area contributed by atoms with Gasteiger partial charge in [0.1, 0.15) is 17.5 Å². The summed E-state index contributed by atoms with van der Waals surface area (Å²) in [5.41, 5.74) is 0.873. The van der Waals surface area contributed by atoms with E-state index in [2.05, 4.69) is 5.32 Å². The van der Waals surface area contributed by atoms with E-state index in [-0.39, 0.29) is 11.8 Å². The summed E-state index contributed by atoms with van der Waals surface area (Å²) < 4.78 is 10.4.